The molecule has 1 amide bonds. The molecular formula is C31H36ClN3OS. The number of hydrogen-bond acceptors (Lipinski definition) is 3. The maximum atomic E-state index is 14.1. The maximum Gasteiger partial charge on any atom is 1.00 e. The number of imidazole rings is 1. The molecule has 2 saturated carbocycles. The molecule has 2 aliphatic rings. The number of nitrogens with zero attached hydrogens (tertiary/aromatic N) is 2. The molecule has 6 heteroatoms. The third-order valence-electron chi connectivity index (χ3n) is 8.12. The van der Waals surface area contributed by atoms with E-state index in [1.807, 2.05) is 6.07 Å². The molecule has 37 heavy (non-hydrogen) atoms. The number of benzene rings is 2. The summed E-state index contributed by atoms with van der Waals surface area (Å²) < 4.78 is 2.29. The number of para-hydroxylation sites is 2. The van der Waals surface area contributed by atoms with Crippen LogP contribution < -0.4 is 17.7 Å². The van der Waals surface area contributed by atoms with Crippen molar-refractivity contribution in [2.45, 2.75) is 76.3 Å². The number of carbonyl (C=O) groups excluding carboxylic acids is 1. The summed E-state index contributed by atoms with van der Waals surface area (Å²) in [6.07, 6.45) is 11.8. The Bertz CT molecular complexity index is 1330. The van der Waals surface area contributed by atoms with Crippen LogP contribution in [0.5, 0.6) is 0 Å². The molecule has 6 rings (SSSR count). The number of hydrogen-bond donors (Lipinski definition) is 1. The largest absolute Gasteiger partial charge is 1.00 e. The molecule has 1 N–H and O–H groups in total. The average molecular weight is 534 g/mol. The molecule has 0 saturated heterocycles. The third-order valence-corrected chi connectivity index (χ3v) is 9.04. The highest BCUT2D eigenvalue weighted by molar-refractivity contribution is 7.13. The molecule has 2 aliphatic carbocycles. The van der Waals surface area contributed by atoms with Crippen molar-refractivity contribution in [2.24, 2.45) is 5.92 Å². The molecule has 0 aliphatic heterocycles. The fourth-order valence-corrected chi connectivity index (χ4v) is 7.03. The molecule has 2 aromatic carbocycles. The van der Waals surface area contributed by atoms with Crippen LogP contribution in [0, 0.1) is 5.92 Å². The molecular weight excluding hydrogens is 498 g/mol. The van der Waals surface area contributed by atoms with Crippen LogP contribution in [0.15, 0.2) is 66.0 Å². The Labute approximate surface area is 231 Å². The van der Waals surface area contributed by atoms with Crippen molar-refractivity contribution in [3.8, 4) is 21.8 Å². The van der Waals surface area contributed by atoms with Crippen molar-refractivity contribution >= 4 is 28.3 Å². The van der Waals surface area contributed by atoms with E-state index in [9.17, 15) is 4.79 Å². The van der Waals surface area contributed by atoms with Gasteiger partial charge in [0.2, 0.25) is 5.91 Å². The van der Waals surface area contributed by atoms with E-state index in [1.165, 1.54) is 49.0 Å². The van der Waals surface area contributed by atoms with Gasteiger partial charge in [-0.3, -0.25) is 4.79 Å². The van der Waals surface area contributed by atoms with Crippen LogP contribution >= 0.6 is 11.3 Å². The van der Waals surface area contributed by atoms with E-state index in [-0.39, 0.29) is 25.8 Å². The number of thiophene rings is 1. The Hall–Kier alpha value is -2.63. The topological polar surface area (TPSA) is 46.9 Å². The lowest BCUT2D eigenvalue weighted by atomic mass is 9.82. The Balaban J connectivity index is 0.00000168. The van der Waals surface area contributed by atoms with Crippen LogP contribution in [-0.4, -0.2) is 21.5 Å². The van der Waals surface area contributed by atoms with Crippen molar-refractivity contribution in [3.63, 3.8) is 0 Å². The Morgan fingerprint density at radius 3 is 2.38 bits per heavy atom. The van der Waals surface area contributed by atoms with E-state index < -0.39 is 0 Å². The number of aromatic nitrogens is 2. The predicted molar refractivity (Wildman–Crippen MR) is 150 cm³/mol. The summed E-state index contributed by atoms with van der Waals surface area (Å²) >= 11 is 1.75. The van der Waals surface area contributed by atoms with Crippen LogP contribution in [0.2, 0.25) is 0 Å². The molecule has 4 aromatic rings. The second-order valence-corrected chi connectivity index (χ2v) is 11.5. The highest BCUT2D eigenvalue weighted by atomic mass is 35.5. The molecule has 2 aromatic heterocycles. The Morgan fingerprint density at radius 2 is 1.62 bits per heavy atom. The van der Waals surface area contributed by atoms with E-state index in [4.69, 9.17) is 4.98 Å². The quantitative estimate of drug-likeness (QED) is 0.374. The van der Waals surface area contributed by atoms with Gasteiger partial charge in [-0.2, -0.15) is 0 Å². The molecule has 4 nitrogen and oxygen atoms in total. The third kappa shape index (κ3) is 5.49. The summed E-state index contributed by atoms with van der Waals surface area (Å²) in [7, 11) is 0. The summed E-state index contributed by atoms with van der Waals surface area (Å²) in [6.45, 7) is 0. The van der Waals surface area contributed by atoms with Gasteiger partial charge in [-0.05, 0) is 66.8 Å². The molecule has 2 fully saturated rings. The number of amides is 1. The second kappa shape index (κ2) is 11.8. The van der Waals surface area contributed by atoms with Crippen molar-refractivity contribution in [2.75, 3.05) is 0 Å². The van der Waals surface area contributed by atoms with Gasteiger partial charge < -0.3 is 22.3 Å². The zero-order valence-electron chi connectivity index (χ0n) is 22.2. The zero-order valence-corrected chi connectivity index (χ0v) is 22.8. The first-order valence-corrected chi connectivity index (χ1v) is 14.6. The van der Waals surface area contributed by atoms with Crippen molar-refractivity contribution in [1.82, 2.24) is 14.9 Å². The monoisotopic (exact) mass is 533 g/mol. The minimum absolute atomic E-state index is 0. The molecule has 194 valence electrons. The lowest BCUT2D eigenvalue weighted by molar-refractivity contribution is -0.127. The molecule has 0 bridgehead atoms. The van der Waals surface area contributed by atoms with Gasteiger partial charge in [0.25, 0.3) is 0 Å². The van der Waals surface area contributed by atoms with Gasteiger partial charge >= 0.3 is 1.43 Å². The normalized spacial score (nSPS) is 17.8. The molecule has 1 atom stereocenters. The van der Waals surface area contributed by atoms with Crippen LogP contribution in [0.1, 0.15) is 71.7 Å². The summed E-state index contributed by atoms with van der Waals surface area (Å²) in [5, 5.41) is 5.61. The Morgan fingerprint density at radius 1 is 0.892 bits per heavy atom. The fraction of sp³-hybridized carbons (Fsp3) is 0.419. The second-order valence-electron chi connectivity index (χ2n) is 10.5. The zero-order chi connectivity index (χ0) is 24.3. The first-order valence-electron chi connectivity index (χ1n) is 13.7. The van der Waals surface area contributed by atoms with Crippen molar-refractivity contribution in [1.29, 1.82) is 0 Å². The van der Waals surface area contributed by atoms with Crippen LogP contribution in [0.4, 0.5) is 0 Å². The first-order chi connectivity index (χ1) is 17.8. The minimum Gasteiger partial charge on any atom is -1.00 e. The molecule has 0 radical (unpaired) electrons. The average Bonchev–Trinajstić information content (AvgIpc) is 3.60. The lowest BCUT2D eigenvalue weighted by Crippen LogP contribution is -3.00. The molecule has 1 unspecified atom stereocenters. The number of nitrogens with one attached hydrogen (secondary N) is 1. The number of carbonyl (C=O) groups is 1. The fourth-order valence-electron chi connectivity index (χ4n) is 6.31. The summed E-state index contributed by atoms with van der Waals surface area (Å²) in [5.41, 5.74) is 4.29. The minimum atomic E-state index is -0.236. The summed E-state index contributed by atoms with van der Waals surface area (Å²) in [5.74, 6) is 1.43. The maximum absolute atomic E-state index is 14.1. The van der Waals surface area contributed by atoms with Gasteiger partial charge in [-0.1, -0.05) is 74.9 Å². The van der Waals surface area contributed by atoms with Gasteiger partial charge in [0.1, 0.15) is 11.9 Å². The van der Waals surface area contributed by atoms with Gasteiger partial charge in [0, 0.05) is 16.5 Å². The molecule has 0 spiro atoms. The summed E-state index contributed by atoms with van der Waals surface area (Å²) in [4.78, 5) is 20.5. The highest BCUT2D eigenvalue weighted by Crippen LogP contribution is 2.39. The van der Waals surface area contributed by atoms with E-state index >= 15 is 0 Å². The smallest absolute Gasteiger partial charge is 1.00 e. The number of halogens is 1. The SMILES string of the molecule is O=C(NC1CCCCC1)C(C1CCCCC1)n1c(-c2cccc(-c3cccs3)c2)nc2ccccc21.[Cl-].[H+]. The van der Waals surface area contributed by atoms with Crippen molar-refractivity contribution < 1.29 is 18.6 Å². The van der Waals surface area contributed by atoms with Crippen LogP contribution in [0.3, 0.4) is 0 Å². The van der Waals surface area contributed by atoms with E-state index in [2.05, 4.69) is 69.9 Å². The van der Waals surface area contributed by atoms with Gasteiger partial charge in [0.05, 0.1) is 11.0 Å². The number of fused-ring (bicyclic) bond motifs is 1. The van der Waals surface area contributed by atoms with Crippen LogP contribution in [0.25, 0.3) is 32.9 Å². The van der Waals surface area contributed by atoms with E-state index in [0.29, 0.717) is 12.0 Å². The van der Waals surface area contributed by atoms with Crippen LogP contribution in [-0.2, 0) is 4.79 Å². The first kappa shape index (κ1) is 26.0. The van der Waals surface area contributed by atoms with Gasteiger partial charge in [-0.15, -0.1) is 11.3 Å². The lowest BCUT2D eigenvalue weighted by Gasteiger charge is -2.33. The molecule has 2 heterocycles. The van der Waals surface area contributed by atoms with E-state index in [0.717, 1.165) is 48.1 Å². The highest BCUT2D eigenvalue weighted by Gasteiger charge is 2.35. The van der Waals surface area contributed by atoms with E-state index in [1.54, 1.807) is 11.3 Å². The standard InChI is InChI=1S/C31H35N3OS.ClH/c35-31(32-25-15-5-2-6-16-25)29(22-11-3-1-4-12-22)34-27-18-8-7-17-26(27)33-30(34)24-14-9-13-23(21-24)28-19-10-20-36-28;/h7-10,13-14,17-22,25,29H,1-6,11-12,15-16H2,(H,32,35);1H. The predicted octanol–water partition coefficient (Wildman–Crippen LogP) is 5.12. The van der Waals surface area contributed by atoms with Gasteiger partial charge in [-0.25, -0.2) is 4.98 Å². The Kier molecular flexibility index (Phi) is 8.31. The van der Waals surface area contributed by atoms with Gasteiger partial charge in [0.15, 0.2) is 0 Å². The number of rotatable bonds is 6. The van der Waals surface area contributed by atoms with Crippen molar-refractivity contribution in [3.05, 3.63) is 66.0 Å². The summed E-state index contributed by atoms with van der Waals surface area (Å²) in [6, 6.07) is 21.3.